The van der Waals surface area contributed by atoms with Crippen LogP contribution in [-0.4, -0.2) is 40.8 Å². The molecule has 7 heteroatoms. The highest BCUT2D eigenvalue weighted by Crippen LogP contribution is 2.24. The van der Waals surface area contributed by atoms with Gasteiger partial charge in [0.2, 0.25) is 15.9 Å². The van der Waals surface area contributed by atoms with E-state index in [4.69, 9.17) is 4.74 Å². The van der Waals surface area contributed by atoms with Gasteiger partial charge in [-0.2, -0.15) is 0 Å². The fourth-order valence-electron chi connectivity index (χ4n) is 3.02. The summed E-state index contributed by atoms with van der Waals surface area (Å²) in [6.07, 6.45) is 6.42. The average molecular weight is 354 g/mol. The van der Waals surface area contributed by atoms with E-state index >= 15 is 0 Å². The second-order valence-electron chi connectivity index (χ2n) is 6.16. The molecule has 1 aromatic rings. The molecule has 0 unspecified atom stereocenters. The highest BCUT2D eigenvalue weighted by Gasteiger charge is 2.22. The molecule has 1 aromatic carbocycles. The maximum atomic E-state index is 12.2. The largest absolute Gasteiger partial charge is 0.497 e. The zero-order valence-corrected chi connectivity index (χ0v) is 15.1. The Morgan fingerprint density at radius 2 is 1.83 bits per heavy atom. The van der Waals surface area contributed by atoms with E-state index in [9.17, 15) is 13.2 Å². The minimum atomic E-state index is -3.42. The van der Waals surface area contributed by atoms with Crippen LogP contribution in [0.5, 0.6) is 5.75 Å². The molecule has 1 aliphatic carbocycles. The number of carbonyl (C=O) groups is 1. The van der Waals surface area contributed by atoms with E-state index in [0.717, 1.165) is 25.7 Å². The molecule has 1 saturated carbocycles. The van der Waals surface area contributed by atoms with E-state index in [2.05, 4.69) is 5.32 Å². The third kappa shape index (κ3) is 5.12. The summed E-state index contributed by atoms with van der Waals surface area (Å²) in [4.78, 5) is 12.2. The van der Waals surface area contributed by atoms with Crippen molar-refractivity contribution in [3.05, 3.63) is 24.3 Å². The van der Waals surface area contributed by atoms with Crippen molar-refractivity contribution in [1.82, 2.24) is 5.32 Å². The third-order valence-corrected chi connectivity index (χ3v) is 5.54. The van der Waals surface area contributed by atoms with Crippen molar-refractivity contribution in [2.24, 2.45) is 5.92 Å². The third-order valence-electron chi connectivity index (χ3n) is 4.35. The predicted octanol–water partition coefficient (Wildman–Crippen LogP) is 2.16. The number of hydrogen-bond acceptors (Lipinski definition) is 4. The summed E-state index contributed by atoms with van der Waals surface area (Å²) in [5, 5.41) is 2.88. The highest BCUT2D eigenvalue weighted by molar-refractivity contribution is 7.92. The van der Waals surface area contributed by atoms with Crippen LogP contribution in [0.2, 0.25) is 0 Å². The number of ether oxygens (including phenoxy) is 1. The van der Waals surface area contributed by atoms with Crippen LogP contribution in [0.15, 0.2) is 24.3 Å². The molecule has 0 radical (unpaired) electrons. The van der Waals surface area contributed by atoms with E-state index in [1.54, 1.807) is 31.4 Å². The predicted molar refractivity (Wildman–Crippen MR) is 94.8 cm³/mol. The Labute approximate surface area is 144 Å². The lowest BCUT2D eigenvalue weighted by Gasteiger charge is -2.24. The molecule has 24 heavy (non-hydrogen) atoms. The van der Waals surface area contributed by atoms with E-state index < -0.39 is 10.0 Å². The minimum Gasteiger partial charge on any atom is -0.497 e. The fraction of sp³-hybridized carbons (Fsp3) is 0.588. The van der Waals surface area contributed by atoms with Crippen LogP contribution >= 0.6 is 0 Å². The van der Waals surface area contributed by atoms with Gasteiger partial charge in [-0.3, -0.25) is 9.10 Å². The molecule has 134 valence electrons. The highest BCUT2D eigenvalue weighted by atomic mass is 32.2. The van der Waals surface area contributed by atoms with Crippen LogP contribution in [0.25, 0.3) is 0 Å². The van der Waals surface area contributed by atoms with E-state index in [1.165, 1.54) is 17.0 Å². The number of methoxy groups -OCH3 is 1. The van der Waals surface area contributed by atoms with Crippen LogP contribution in [-0.2, 0) is 14.8 Å². The van der Waals surface area contributed by atoms with Gasteiger partial charge in [-0.05, 0) is 37.1 Å². The van der Waals surface area contributed by atoms with Gasteiger partial charge in [0.25, 0.3) is 0 Å². The number of nitrogens with one attached hydrogen (secondary N) is 1. The summed E-state index contributed by atoms with van der Waals surface area (Å²) in [5.74, 6) is 0.780. The van der Waals surface area contributed by atoms with Gasteiger partial charge >= 0.3 is 0 Å². The number of hydrogen-bond donors (Lipinski definition) is 1. The first-order valence-electron chi connectivity index (χ1n) is 8.31. The first-order chi connectivity index (χ1) is 11.4. The molecular formula is C17H26N2O4S. The zero-order chi connectivity index (χ0) is 17.6. The summed E-state index contributed by atoms with van der Waals surface area (Å²) in [6, 6.07) is 6.83. The Kier molecular flexibility index (Phi) is 6.48. The molecule has 1 amide bonds. The van der Waals surface area contributed by atoms with Crippen molar-refractivity contribution in [2.45, 2.75) is 32.1 Å². The van der Waals surface area contributed by atoms with Gasteiger partial charge in [0.15, 0.2) is 0 Å². The second-order valence-corrected chi connectivity index (χ2v) is 8.07. The second kappa shape index (κ2) is 8.37. The van der Waals surface area contributed by atoms with Crippen LogP contribution in [0.4, 0.5) is 5.69 Å². The topological polar surface area (TPSA) is 75.7 Å². The minimum absolute atomic E-state index is 0.0397. The maximum Gasteiger partial charge on any atom is 0.232 e. The molecule has 2 rings (SSSR count). The first kappa shape index (κ1) is 18.6. The molecule has 0 atom stereocenters. The van der Waals surface area contributed by atoms with Gasteiger partial charge in [0, 0.05) is 12.5 Å². The van der Waals surface area contributed by atoms with Crippen molar-refractivity contribution >= 4 is 21.6 Å². The van der Waals surface area contributed by atoms with Crippen LogP contribution in [0, 0.1) is 5.92 Å². The van der Waals surface area contributed by atoms with E-state index in [0.29, 0.717) is 18.0 Å². The molecule has 1 N–H and O–H groups in total. The quantitative estimate of drug-likeness (QED) is 0.814. The Balaban J connectivity index is 1.95. The normalized spacial score (nSPS) is 15.8. The molecule has 0 spiro atoms. The number of anilines is 1. The Morgan fingerprint density at radius 1 is 1.21 bits per heavy atom. The van der Waals surface area contributed by atoms with Gasteiger partial charge < -0.3 is 10.1 Å². The SMILES string of the molecule is COc1ccc(N(CCNC(=O)C2CCCCC2)S(C)(=O)=O)cc1. The number of sulfonamides is 1. The molecule has 0 aromatic heterocycles. The molecule has 1 aliphatic rings. The maximum absolute atomic E-state index is 12.2. The standard InChI is InChI=1S/C17H26N2O4S/c1-23-16-10-8-15(9-11-16)19(24(2,21)22)13-12-18-17(20)14-6-4-3-5-7-14/h8-11,14H,3-7,12-13H2,1-2H3,(H,18,20). The molecule has 1 fully saturated rings. The van der Waals surface area contributed by atoms with Crippen molar-refractivity contribution in [3.8, 4) is 5.75 Å². The number of rotatable bonds is 7. The molecule has 0 saturated heterocycles. The Hall–Kier alpha value is -1.76. The summed E-state index contributed by atoms with van der Waals surface area (Å²) < 4.78 is 30.5. The van der Waals surface area contributed by atoms with E-state index in [-0.39, 0.29) is 18.4 Å². The molecule has 0 aliphatic heterocycles. The van der Waals surface area contributed by atoms with Gasteiger partial charge in [-0.25, -0.2) is 8.42 Å². The number of carbonyl (C=O) groups excluding carboxylic acids is 1. The summed E-state index contributed by atoms with van der Waals surface area (Å²) in [7, 11) is -1.86. The Bertz CT molecular complexity index is 637. The fourth-order valence-corrected chi connectivity index (χ4v) is 3.95. The zero-order valence-electron chi connectivity index (χ0n) is 14.3. The van der Waals surface area contributed by atoms with Crippen LogP contribution in [0.1, 0.15) is 32.1 Å². The lowest BCUT2D eigenvalue weighted by molar-refractivity contribution is -0.125. The van der Waals surface area contributed by atoms with Crippen molar-refractivity contribution < 1.29 is 17.9 Å². The first-order valence-corrected chi connectivity index (χ1v) is 10.2. The van der Waals surface area contributed by atoms with Crippen LogP contribution in [0.3, 0.4) is 0 Å². The lowest BCUT2D eigenvalue weighted by Crippen LogP contribution is -2.40. The van der Waals surface area contributed by atoms with Gasteiger partial charge in [-0.1, -0.05) is 19.3 Å². The lowest BCUT2D eigenvalue weighted by atomic mass is 9.89. The number of amides is 1. The van der Waals surface area contributed by atoms with Gasteiger partial charge in [-0.15, -0.1) is 0 Å². The van der Waals surface area contributed by atoms with Crippen molar-refractivity contribution in [2.75, 3.05) is 30.8 Å². The number of benzene rings is 1. The smallest absolute Gasteiger partial charge is 0.232 e. The summed E-state index contributed by atoms with van der Waals surface area (Å²) in [5.41, 5.74) is 0.560. The Morgan fingerprint density at radius 3 is 2.38 bits per heavy atom. The van der Waals surface area contributed by atoms with E-state index in [1.807, 2.05) is 0 Å². The van der Waals surface area contributed by atoms with Crippen molar-refractivity contribution in [3.63, 3.8) is 0 Å². The monoisotopic (exact) mass is 354 g/mol. The summed E-state index contributed by atoms with van der Waals surface area (Å²) >= 11 is 0. The van der Waals surface area contributed by atoms with Gasteiger partial charge in [0.1, 0.15) is 5.75 Å². The average Bonchev–Trinajstić information content (AvgIpc) is 2.58. The molecule has 0 bridgehead atoms. The number of nitrogens with zero attached hydrogens (tertiary/aromatic N) is 1. The summed E-state index contributed by atoms with van der Waals surface area (Å²) in [6.45, 7) is 0.512. The van der Waals surface area contributed by atoms with Crippen LogP contribution < -0.4 is 14.4 Å². The molecule has 6 nitrogen and oxygen atoms in total. The molecule has 0 heterocycles. The van der Waals surface area contributed by atoms with Gasteiger partial charge in [0.05, 0.1) is 25.6 Å². The van der Waals surface area contributed by atoms with Crippen molar-refractivity contribution in [1.29, 1.82) is 0 Å². The molecular weight excluding hydrogens is 328 g/mol.